The molecule has 115 valence electrons. The van der Waals surface area contributed by atoms with E-state index in [-0.39, 0.29) is 0 Å². The maximum absolute atomic E-state index is 11.1. The highest BCUT2D eigenvalue weighted by molar-refractivity contribution is 7.14. The minimum atomic E-state index is -0.561. The van der Waals surface area contributed by atoms with Gasteiger partial charge >= 0.3 is 6.03 Å². The van der Waals surface area contributed by atoms with Crippen LogP contribution in [0.2, 0.25) is 0 Å². The number of thiophene rings is 1. The summed E-state index contributed by atoms with van der Waals surface area (Å²) in [6.07, 6.45) is 0. The Kier molecular flexibility index (Phi) is 4.59. The number of rotatable bonds is 5. The number of amides is 2. The predicted molar refractivity (Wildman–Crippen MR) is 95.6 cm³/mol. The molecule has 2 aromatic carbocycles. The number of carbonyl (C=O) groups is 1. The molecule has 4 nitrogen and oxygen atoms in total. The normalized spacial score (nSPS) is 10.3. The molecular weight excluding hydrogens is 306 g/mol. The maximum atomic E-state index is 11.1. The molecule has 0 bridgehead atoms. The number of nitrogens with one attached hydrogen (secondary N) is 2. The zero-order valence-electron chi connectivity index (χ0n) is 12.4. The van der Waals surface area contributed by atoms with Gasteiger partial charge in [0.2, 0.25) is 0 Å². The number of urea groups is 1. The first-order chi connectivity index (χ1) is 11.2. The Labute approximate surface area is 139 Å². The van der Waals surface area contributed by atoms with Crippen molar-refractivity contribution in [1.82, 2.24) is 0 Å². The number of carbonyl (C=O) groups excluding carboxylic acids is 1. The molecule has 0 spiro atoms. The van der Waals surface area contributed by atoms with E-state index in [0.29, 0.717) is 0 Å². The largest absolute Gasteiger partial charge is 0.380 e. The van der Waals surface area contributed by atoms with E-state index in [1.807, 2.05) is 47.8 Å². The summed E-state index contributed by atoms with van der Waals surface area (Å²) in [5, 5.41) is 7.93. The number of nitrogens with two attached hydrogens (primary N) is 1. The van der Waals surface area contributed by atoms with Crippen molar-refractivity contribution in [1.29, 1.82) is 0 Å². The number of anilines is 2. The average molecular weight is 322 g/mol. The molecule has 5 heteroatoms. The first-order valence-corrected chi connectivity index (χ1v) is 8.04. The predicted octanol–water partition coefficient (Wildman–Crippen LogP) is 4.32. The van der Waals surface area contributed by atoms with Crippen LogP contribution in [0.15, 0.2) is 60.0 Å². The average Bonchev–Trinajstić information content (AvgIpc) is 3.01. The lowest BCUT2D eigenvalue weighted by molar-refractivity contribution is 0.259. The monoisotopic (exact) mass is 322 g/mol. The van der Waals surface area contributed by atoms with Crippen LogP contribution in [0.25, 0.3) is 10.4 Å². The highest BCUT2D eigenvalue weighted by Gasteiger charge is 2.09. The third kappa shape index (κ3) is 3.90. The van der Waals surface area contributed by atoms with Gasteiger partial charge in [-0.3, -0.25) is 0 Å². The Morgan fingerprint density at radius 1 is 1.17 bits per heavy atom. The molecule has 1 radical (unpaired) electrons. The number of primary amides is 1. The summed E-state index contributed by atoms with van der Waals surface area (Å²) in [7, 11) is 0. The summed E-state index contributed by atoms with van der Waals surface area (Å²) in [5.74, 6) is 0. The molecule has 0 atom stereocenters. The van der Waals surface area contributed by atoms with Crippen molar-refractivity contribution >= 4 is 28.7 Å². The van der Waals surface area contributed by atoms with Gasteiger partial charge in [-0.1, -0.05) is 42.5 Å². The second-order valence-corrected chi connectivity index (χ2v) is 5.90. The molecule has 1 aromatic heterocycles. The first-order valence-electron chi connectivity index (χ1n) is 7.16. The number of benzene rings is 2. The minimum absolute atomic E-state index is 0.561. The fourth-order valence-corrected chi connectivity index (χ4v) is 3.12. The summed E-state index contributed by atoms with van der Waals surface area (Å²) in [5.41, 5.74) is 9.06. The first kappa shape index (κ1) is 15.1. The molecule has 0 fully saturated rings. The quantitative estimate of drug-likeness (QED) is 0.655. The Balaban J connectivity index is 1.77. The molecule has 0 unspecified atom stereocenters. The highest BCUT2D eigenvalue weighted by Crippen LogP contribution is 2.34. The molecule has 23 heavy (non-hydrogen) atoms. The summed E-state index contributed by atoms with van der Waals surface area (Å²) >= 11 is 1.56. The van der Waals surface area contributed by atoms with E-state index in [9.17, 15) is 4.79 Å². The van der Waals surface area contributed by atoms with E-state index in [1.54, 1.807) is 11.3 Å². The van der Waals surface area contributed by atoms with Crippen LogP contribution >= 0.6 is 11.3 Å². The van der Waals surface area contributed by atoms with E-state index in [0.717, 1.165) is 28.4 Å². The van der Waals surface area contributed by atoms with Gasteiger partial charge in [-0.05, 0) is 28.6 Å². The summed E-state index contributed by atoms with van der Waals surface area (Å²) in [4.78, 5) is 12.0. The fraction of sp³-hybridized carbons (Fsp3) is 0.0556. The molecule has 0 aliphatic rings. The zero-order valence-corrected chi connectivity index (χ0v) is 13.2. The molecule has 0 saturated heterocycles. The van der Waals surface area contributed by atoms with Crippen LogP contribution in [0.4, 0.5) is 16.2 Å². The second-order valence-electron chi connectivity index (χ2n) is 4.98. The third-order valence-corrected chi connectivity index (χ3v) is 4.28. The fourth-order valence-electron chi connectivity index (χ4n) is 2.27. The van der Waals surface area contributed by atoms with Gasteiger partial charge in [0, 0.05) is 18.3 Å². The lowest BCUT2D eigenvalue weighted by atomic mass is 10.1. The van der Waals surface area contributed by atoms with Crippen molar-refractivity contribution in [2.75, 3.05) is 10.6 Å². The van der Waals surface area contributed by atoms with Crippen LogP contribution in [0.3, 0.4) is 0 Å². The van der Waals surface area contributed by atoms with Gasteiger partial charge in [-0.25, -0.2) is 4.79 Å². The maximum Gasteiger partial charge on any atom is 0.316 e. The Hall–Kier alpha value is -2.79. The van der Waals surface area contributed by atoms with Crippen molar-refractivity contribution < 1.29 is 4.79 Å². The van der Waals surface area contributed by atoms with E-state index < -0.39 is 6.03 Å². The Morgan fingerprint density at radius 3 is 2.78 bits per heavy atom. The lowest BCUT2D eigenvalue weighted by Crippen LogP contribution is -2.19. The molecule has 0 saturated carbocycles. The van der Waals surface area contributed by atoms with Crippen LogP contribution in [0.5, 0.6) is 0 Å². The molecule has 3 rings (SSSR count). The smallest absolute Gasteiger partial charge is 0.316 e. The van der Waals surface area contributed by atoms with Crippen LogP contribution < -0.4 is 16.4 Å². The van der Waals surface area contributed by atoms with E-state index in [1.165, 1.54) is 5.56 Å². The van der Waals surface area contributed by atoms with Gasteiger partial charge in [0.1, 0.15) is 0 Å². The van der Waals surface area contributed by atoms with Crippen LogP contribution in [-0.2, 0) is 6.54 Å². The van der Waals surface area contributed by atoms with Crippen LogP contribution in [0, 0.1) is 6.07 Å². The van der Waals surface area contributed by atoms with Crippen molar-refractivity contribution in [3.05, 3.63) is 71.6 Å². The van der Waals surface area contributed by atoms with Gasteiger partial charge in [0.05, 0.1) is 10.6 Å². The molecular formula is C18H16N3OS. The standard InChI is InChI=1S/C18H16N3OS/c19-18(22)21-16-9-10-23-17(16)14-7-4-8-15(11-14)20-12-13-5-2-1-3-6-13/h1-7,9-11,20H,12H2,(H3,19,21,22). The number of hydrogen-bond donors (Lipinski definition) is 3. The van der Waals surface area contributed by atoms with E-state index in [4.69, 9.17) is 5.73 Å². The number of hydrogen-bond acceptors (Lipinski definition) is 3. The van der Waals surface area contributed by atoms with Crippen molar-refractivity contribution in [3.8, 4) is 10.4 Å². The molecule has 3 aromatic rings. The summed E-state index contributed by atoms with van der Waals surface area (Å²) in [6.45, 7) is 0.734. The van der Waals surface area contributed by atoms with Gasteiger partial charge < -0.3 is 16.4 Å². The topological polar surface area (TPSA) is 67.2 Å². The minimum Gasteiger partial charge on any atom is -0.380 e. The molecule has 0 aliphatic carbocycles. The molecule has 4 N–H and O–H groups in total. The zero-order chi connectivity index (χ0) is 16.1. The van der Waals surface area contributed by atoms with E-state index >= 15 is 0 Å². The van der Waals surface area contributed by atoms with Crippen molar-refractivity contribution in [2.45, 2.75) is 6.54 Å². The van der Waals surface area contributed by atoms with Crippen LogP contribution in [-0.4, -0.2) is 6.03 Å². The van der Waals surface area contributed by atoms with Crippen molar-refractivity contribution in [3.63, 3.8) is 0 Å². The second kappa shape index (κ2) is 6.98. The SMILES string of the molecule is NC(=O)Nc1ccsc1-c1cc[c]c(NCc2ccccc2)c1. The van der Waals surface area contributed by atoms with E-state index in [2.05, 4.69) is 28.8 Å². The Bertz CT molecular complexity index is 799. The van der Waals surface area contributed by atoms with Gasteiger partial charge in [-0.2, -0.15) is 0 Å². The van der Waals surface area contributed by atoms with Gasteiger partial charge in [-0.15, -0.1) is 11.3 Å². The van der Waals surface area contributed by atoms with Gasteiger partial charge in [0.25, 0.3) is 0 Å². The molecule has 1 heterocycles. The summed E-state index contributed by atoms with van der Waals surface area (Å²) in [6, 6.07) is 20.5. The van der Waals surface area contributed by atoms with Crippen LogP contribution in [0.1, 0.15) is 5.56 Å². The molecule has 2 amide bonds. The highest BCUT2D eigenvalue weighted by atomic mass is 32.1. The van der Waals surface area contributed by atoms with Crippen molar-refractivity contribution in [2.24, 2.45) is 5.73 Å². The summed E-state index contributed by atoms with van der Waals surface area (Å²) < 4.78 is 0. The Morgan fingerprint density at radius 2 is 2.00 bits per heavy atom. The third-order valence-electron chi connectivity index (χ3n) is 3.31. The van der Waals surface area contributed by atoms with Gasteiger partial charge in [0.15, 0.2) is 0 Å². The molecule has 0 aliphatic heterocycles. The lowest BCUT2D eigenvalue weighted by Gasteiger charge is -2.09.